The Balaban J connectivity index is 3.07. The minimum absolute atomic E-state index is 0.183. The van der Waals surface area contributed by atoms with E-state index in [0.29, 0.717) is 5.02 Å². The van der Waals surface area contributed by atoms with Crippen LogP contribution < -0.4 is 0 Å². The minimum Gasteiger partial charge on any atom is -0.395 e. The van der Waals surface area contributed by atoms with Crippen LogP contribution in [0.4, 0.5) is 0 Å². The molecular weight excluding hydrogens is 264 g/mol. The van der Waals surface area contributed by atoms with Gasteiger partial charge in [-0.1, -0.05) is 18.5 Å². The van der Waals surface area contributed by atoms with Gasteiger partial charge < -0.3 is 5.11 Å². The summed E-state index contributed by atoms with van der Waals surface area (Å²) in [6, 6.07) is 5.89. The van der Waals surface area contributed by atoms with E-state index in [-0.39, 0.29) is 11.3 Å². The molecule has 0 saturated heterocycles. The second kappa shape index (κ2) is 5.62. The number of halogens is 1. The number of aliphatic hydroxyl groups excluding tert-OH is 1. The molecule has 1 unspecified atom stereocenters. The van der Waals surface area contributed by atoms with Crippen molar-refractivity contribution in [3.8, 4) is 0 Å². The first-order valence-corrected chi connectivity index (χ1v) is 7.14. The van der Waals surface area contributed by atoms with Crippen LogP contribution in [0.1, 0.15) is 17.3 Å². The van der Waals surface area contributed by atoms with Crippen molar-refractivity contribution < 1.29 is 18.3 Å². The largest absolute Gasteiger partial charge is 0.395 e. The average Bonchev–Trinajstić information content (AvgIpc) is 2.30. The zero-order chi connectivity index (χ0) is 13.1. The van der Waals surface area contributed by atoms with Crippen molar-refractivity contribution in [1.29, 1.82) is 0 Å². The number of carbonyl (C=O) groups is 1. The molecule has 6 heteroatoms. The molecule has 0 fully saturated rings. The fourth-order valence-electron chi connectivity index (χ4n) is 1.36. The smallest absolute Gasteiger partial charge is 0.183 e. The minimum atomic E-state index is -3.60. The number of ketones is 1. The standard InChI is InChI=1S/C11H13ClO4S/c1-2-17(15,16)10(7-13)11(14)8-3-5-9(12)6-4-8/h3-6,10,13H,2,7H2,1H3. The Hall–Kier alpha value is -0.910. The molecule has 94 valence electrons. The molecule has 0 amide bonds. The lowest BCUT2D eigenvalue weighted by Gasteiger charge is -2.12. The molecule has 0 aliphatic heterocycles. The highest BCUT2D eigenvalue weighted by molar-refractivity contribution is 7.92. The van der Waals surface area contributed by atoms with E-state index in [2.05, 4.69) is 0 Å². The van der Waals surface area contributed by atoms with Crippen LogP contribution in [0.3, 0.4) is 0 Å². The highest BCUT2D eigenvalue weighted by atomic mass is 35.5. The number of rotatable bonds is 5. The van der Waals surface area contributed by atoms with Crippen LogP contribution in [0.15, 0.2) is 24.3 Å². The Morgan fingerprint density at radius 3 is 2.29 bits per heavy atom. The van der Waals surface area contributed by atoms with Gasteiger partial charge >= 0.3 is 0 Å². The zero-order valence-corrected chi connectivity index (χ0v) is 10.8. The number of hydrogen-bond acceptors (Lipinski definition) is 4. The second-order valence-electron chi connectivity index (χ2n) is 3.49. The second-order valence-corrected chi connectivity index (χ2v) is 6.40. The van der Waals surface area contributed by atoms with E-state index in [0.717, 1.165) is 0 Å². The summed E-state index contributed by atoms with van der Waals surface area (Å²) in [6.07, 6.45) is 0. The van der Waals surface area contributed by atoms with E-state index < -0.39 is 27.5 Å². The first-order valence-electron chi connectivity index (χ1n) is 5.04. The van der Waals surface area contributed by atoms with Crippen molar-refractivity contribution in [2.45, 2.75) is 12.2 Å². The number of carbonyl (C=O) groups excluding carboxylic acids is 1. The quantitative estimate of drug-likeness (QED) is 0.824. The topological polar surface area (TPSA) is 71.4 Å². The fourth-order valence-corrected chi connectivity index (χ4v) is 2.58. The third kappa shape index (κ3) is 3.28. The van der Waals surface area contributed by atoms with Crippen molar-refractivity contribution in [2.75, 3.05) is 12.4 Å². The van der Waals surface area contributed by atoms with Gasteiger partial charge in [0.15, 0.2) is 15.6 Å². The molecule has 0 aliphatic carbocycles. The van der Waals surface area contributed by atoms with Crippen LogP contribution >= 0.6 is 11.6 Å². The maximum Gasteiger partial charge on any atom is 0.183 e. The predicted molar refractivity (Wildman–Crippen MR) is 66.1 cm³/mol. The van der Waals surface area contributed by atoms with Gasteiger partial charge in [0.1, 0.15) is 5.25 Å². The molecule has 0 heterocycles. The van der Waals surface area contributed by atoms with Crippen molar-refractivity contribution in [3.05, 3.63) is 34.9 Å². The Bertz CT molecular complexity index is 493. The fraction of sp³-hybridized carbons (Fsp3) is 0.364. The first kappa shape index (κ1) is 14.2. The molecule has 1 aromatic rings. The molecule has 4 nitrogen and oxygen atoms in total. The zero-order valence-electron chi connectivity index (χ0n) is 9.26. The monoisotopic (exact) mass is 276 g/mol. The predicted octanol–water partition coefficient (Wildman–Crippen LogP) is 1.32. The van der Waals surface area contributed by atoms with Gasteiger partial charge in [-0.05, 0) is 24.3 Å². The van der Waals surface area contributed by atoms with E-state index in [1.807, 2.05) is 0 Å². The lowest BCUT2D eigenvalue weighted by atomic mass is 10.1. The summed E-state index contributed by atoms with van der Waals surface area (Å²) in [7, 11) is -3.60. The van der Waals surface area contributed by atoms with Crippen LogP contribution in [0.5, 0.6) is 0 Å². The van der Waals surface area contributed by atoms with Gasteiger partial charge in [0.05, 0.1) is 6.61 Å². The Morgan fingerprint density at radius 2 is 1.88 bits per heavy atom. The van der Waals surface area contributed by atoms with Crippen LogP contribution in [-0.2, 0) is 9.84 Å². The Labute approximate surface area is 105 Å². The Morgan fingerprint density at radius 1 is 1.35 bits per heavy atom. The third-order valence-electron chi connectivity index (χ3n) is 2.42. The molecule has 17 heavy (non-hydrogen) atoms. The average molecular weight is 277 g/mol. The lowest BCUT2D eigenvalue weighted by Crippen LogP contribution is -2.35. The van der Waals surface area contributed by atoms with Gasteiger partial charge in [0.2, 0.25) is 0 Å². The van der Waals surface area contributed by atoms with Crippen LogP contribution in [0.2, 0.25) is 5.02 Å². The maximum atomic E-state index is 11.9. The van der Waals surface area contributed by atoms with Gasteiger partial charge in [-0.2, -0.15) is 0 Å². The van der Waals surface area contributed by atoms with Crippen molar-refractivity contribution in [2.24, 2.45) is 0 Å². The van der Waals surface area contributed by atoms with Gasteiger partial charge in [-0.3, -0.25) is 4.79 Å². The summed E-state index contributed by atoms with van der Waals surface area (Å²) >= 11 is 5.67. The first-order chi connectivity index (χ1) is 7.92. The molecule has 1 aromatic carbocycles. The SMILES string of the molecule is CCS(=O)(=O)C(CO)C(=O)c1ccc(Cl)cc1. The van der Waals surface area contributed by atoms with E-state index in [9.17, 15) is 13.2 Å². The summed E-state index contributed by atoms with van der Waals surface area (Å²) in [4.78, 5) is 11.9. The molecule has 1 rings (SSSR count). The summed E-state index contributed by atoms with van der Waals surface area (Å²) < 4.78 is 23.2. The molecule has 0 aromatic heterocycles. The molecule has 1 N–H and O–H groups in total. The van der Waals surface area contributed by atoms with E-state index >= 15 is 0 Å². The maximum absolute atomic E-state index is 11.9. The lowest BCUT2D eigenvalue weighted by molar-refractivity contribution is 0.0961. The van der Waals surface area contributed by atoms with Gasteiger partial charge in [-0.15, -0.1) is 0 Å². The Kier molecular flexibility index (Phi) is 4.68. The van der Waals surface area contributed by atoms with Crippen molar-refractivity contribution in [1.82, 2.24) is 0 Å². The number of benzene rings is 1. The van der Waals surface area contributed by atoms with E-state index in [1.54, 1.807) is 0 Å². The van der Waals surface area contributed by atoms with Crippen LogP contribution in [0.25, 0.3) is 0 Å². The van der Waals surface area contributed by atoms with Crippen molar-refractivity contribution >= 4 is 27.2 Å². The number of sulfone groups is 1. The molecule has 0 saturated carbocycles. The highest BCUT2D eigenvalue weighted by Gasteiger charge is 2.30. The van der Waals surface area contributed by atoms with Crippen molar-refractivity contribution in [3.63, 3.8) is 0 Å². The summed E-state index contributed by atoms with van der Waals surface area (Å²) in [5.74, 6) is -0.789. The summed E-state index contributed by atoms with van der Waals surface area (Å²) in [5, 5.41) is 8.12. The molecule has 0 bridgehead atoms. The number of aliphatic hydroxyl groups is 1. The van der Waals surface area contributed by atoms with E-state index in [4.69, 9.17) is 16.7 Å². The van der Waals surface area contributed by atoms with Crippen LogP contribution in [0, 0.1) is 0 Å². The third-order valence-corrected chi connectivity index (χ3v) is 4.71. The number of Topliss-reactive ketones (excluding diaryl/α,β-unsaturated/α-hetero) is 1. The van der Waals surface area contributed by atoms with Gasteiger partial charge in [0, 0.05) is 16.3 Å². The molecule has 0 aliphatic rings. The van der Waals surface area contributed by atoms with Crippen LogP contribution in [-0.4, -0.2) is 36.9 Å². The molecule has 1 atom stereocenters. The van der Waals surface area contributed by atoms with Gasteiger partial charge in [-0.25, -0.2) is 8.42 Å². The summed E-state index contributed by atoms with van der Waals surface area (Å²) in [6.45, 7) is 0.727. The molecule has 0 spiro atoms. The summed E-state index contributed by atoms with van der Waals surface area (Å²) in [5.41, 5.74) is 0.227. The number of hydrogen-bond donors (Lipinski definition) is 1. The molecular formula is C11H13ClO4S. The normalized spacial score (nSPS) is 13.4. The van der Waals surface area contributed by atoms with E-state index in [1.165, 1.54) is 31.2 Å². The molecule has 0 radical (unpaired) electrons. The van der Waals surface area contributed by atoms with Gasteiger partial charge in [0.25, 0.3) is 0 Å². The highest BCUT2D eigenvalue weighted by Crippen LogP contribution is 2.14.